The summed E-state index contributed by atoms with van der Waals surface area (Å²) >= 11 is 0. The van der Waals surface area contributed by atoms with Gasteiger partial charge in [0.1, 0.15) is 0 Å². The van der Waals surface area contributed by atoms with Gasteiger partial charge in [-0.1, -0.05) is 44.2 Å². The molecule has 1 unspecified atom stereocenters. The van der Waals surface area contributed by atoms with Crippen LogP contribution in [0.25, 0.3) is 0 Å². The fourth-order valence-electron chi connectivity index (χ4n) is 1.70. The Bertz CT molecular complexity index is 335. The Kier molecular flexibility index (Phi) is 5.70. The Morgan fingerprint density at radius 3 is 2.53 bits per heavy atom. The minimum Gasteiger partial charge on any atom is -0.391 e. The van der Waals surface area contributed by atoms with Gasteiger partial charge < -0.3 is 10.4 Å². The Morgan fingerprint density at radius 1 is 1.29 bits per heavy atom. The maximum Gasteiger partial charge on any atom is 0.224 e. The van der Waals surface area contributed by atoms with Crippen LogP contribution in [0, 0.1) is 5.92 Å². The third-order valence-electron chi connectivity index (χ3n) is 2.49. The number of amides is 1. The first-order valence-corrected chi connectivity index (χ1v) is 6.06. The maximum absolute atomic E-state index is 11.6. The van der Waals surface area contributed by atoms with Crippen molar-refractivity contribution >= 4 is 5.91 Å². The quantitative estimate of drug-likeness (QED) is 0.789. The summed E-state index contributed by atoms with van der Waals surface area (Å²) in [7, 11) is 0. The van der Waals surface area contributed by atoms with Crippen LogP contribution in [0.3, 0.4) is 0 Å². The second kappa shape index (κ2) is 7.07. The molecule has 0 saturated heterocycles. The fourth-order valence-corrected chi connectivity index (χ4v) is 1.70. The summed E-state index contributed by atoms with van der Waals surface area (Å²) in [4.78, 5) is 11.6. The van der Waals surface area contributed by atoms with Gasteiger partial charge in [0.05, 0.1) is 12.5 Å². The van der Waals surface area contributed by atoms with Gasteiger partial charge in [0, 0.05) is 6.54 Å². The summed E-state index contributed by atoms with van der Waals surface area (Å²) in [5.74, 6) is 0.398. The van der Waals surface area contributed by atoms with Crippen molar-refractivity contribution < 1.29 is 9.90 Å². The second-order valence-corrected chi connectivity index (χ2v) is 4.75. The monoisotopic (exact) mass is 235 g/mol. The van der Waals surface area contributed by atoms with Crippen molar-refractivity contribution in [3.63, 3.8) is 0 Å². The summed E-state index contributed by atoms with van der Waals surface area (Å²) in [5.41, 5.74) is 0.989. The van der Waals surface area contributed by atoms with Crippen LogP contribution in [-0.2, 0) is 11.2 Å². The lowest BCUT2D eigenvalue weighted by molar-refractivity contribution is -0.120. The Labute approximate surface area is 103 Å². The summed E-state index contributed by atoms with van der Waals surface area (Å²) < 4.78 is 0. The average Bonchev–Trinajstić information content (AvgIpc) is 2.27. The number of nitrogens with one attached hydrogen (secondary N) is 1. The average molecular weight is 235 g/mol. The third kappa shape index (κ3) is 6.07. The minimum absolute atomic E-state index is 0.0426. The normalized spacial score (nSPS) is 12.5. The van der Waals surface area contributed by atoms with Crippen molar-refractivity contribution in [2.45, 2.75) is 32.8 Å². The van der Waals surface area contributed by atoms with E-state index in [9.17, 15) is 9.90 Å². The zero-order valence-corrected chi connectivity index (χ0v) is 10.5. The van der Waals surface area contributed by atoms with Gasteiger partial charge in [0.2, 0.25) is 5.91 Å². The molecule has 0 aliphatic heterocycles. The van der Waals surface area contributed by atoms with Crippen LogP contribution in [0.1, 0.15) is 25.8 Å². The van der Waals surface area contributed by atoms with Gasteiger partial charge in [-0.15, -0.1) is 0 Å². The molecule has 0 spiro atoms. The predicted octanol–water partition coefficient (Wildman–Crippen LogP) is 1.75. The van der Waals surface area contributed by atoms with E-state index in [1.807, 2.05) is 30.3 Å². The van der Waals surface area contributed by atoms with E-state index in [1.165, 1.54) is 0 Å². The number of rotatable bonds is 6. The fraction of sp³-hybridized carbons (Fsp3) is 0.500. The molecule has 0 aromatic heterocycles. The molecule has 1 aromatic carbocycles. The molecule has 1 aromatic rings. The van der Waals surface area contributed by atoms with E-state index in [1.54, 1.807) is 0 Å². The highest BCUT2D eigenvalue weighted by Gasteiger charge is 2.09. The van der Waals surface area contributed by atoms with Crippen molar-refractivity contribution in [3.8, 4) is 0 Å². The highest BCUT2D eigenvalue weighted by atomic mass is 16.3. The van der Waals surface area contributed by atoms with Gasteiger partial charge in [0.25, 0.3) is 0 Å². The predicted molar refractivity (Wildman–Crippen MR) is 68.6 cm³/mol. The van der Waals surface area contributed by atoms with E-state index in [4.69, 9.17) is 0 Å². The molecule has 2 N–H and O–H groups in total. The first-order valence-electron chi connectivity index (χ1n) is 6.06. The number of aliphatic hydroxyl groups excluding tert-OH is 1. The van der Waals surface area contributed by atoms with Gasteiger partial charge >= 0.3 is 0 Å². The number of hydrogen-bond acceptors (Lipinski definition) is 2. The third-order valence-corrected chi connectivity index (χ3v) is 2.49. The number of carbonyl (C=O) groups excluding carboxylic acids is 1. The molecule has 3 nitrogen and oxygen atoms in total. The number of aliphatic hydroxyl groups is 1. The molecule has 0 heterocycles. The summed E-state index contributed by atoms with van der Waals surface area (Å²) in [6.45, 7) is 4.44. The zero-order chi connectivity index (χ0) is 12.7. The van der Waals surface area contributed by atoms with Crippen molar-refractivity contribution in [2.75, 3.05) is 6.54 Å². The van der Waals surface area contributed by atoms with E-state index in [2.05, 4.69) is 19.2 Å². The molecule has 1 amide bonds. The van der Waals surface area contributed by atoms with E-state index in [0.717, 1.165) is 5.56 Å². The minimum atomic E-state index is -0.449. The molecule has 0 aliphatic carbocycles. The van der Waals surface area contributed by atoms with Crippen molar-refractivity contribution in [1.82, 2.24) is 5.32 Å². The summed E-state index contributed by atoms with van der Waals surface area (Å²) in [6, 6.07) is 9.59. The molecule has 94 valence electrons. The molecule has 1 rings (SSSR count). The highest BCUT2D eigenvalue weighted by molar-refractivity contribution is 5.78. The van der Waals surface area contributed by atoms with Crippen LogP contribution in [0.5, 0.6) is 0 Å². The van der Waals surface area contributed by atoms with Crippen molar-refractivity contribution in [2.24, 2.45) is 5.92 Å². The topological polar surface area (TPSA) is 49.3 Å². The lowest BCUT2D eigenvalue weighted by atomic mass is 10.1. The van der Waals surface area contributed by atoms with Gasteiger partial charge in [-0.3, -0.25) is 4.79 Å². The first kappa shape index (κ1) is 13.7. The van der Waals surface area contributed by atoms with Crippen molar-refractivity contribution in [3.05, 3.63) is 35.9 Å². The standard InChI is InChI=1S/C14H21NO2/c1-11(2)8-13(16)10-15-14(17)9-12-6-4-3-5-7-12/h3-7,11,13,16H,8-10H2,1-2H3,(H,15,17). The van der Waals surface area contributed by atoms with Crippen molar-refractivity contribution in [1.29, 1.82) is 0 Å². The van der Waals surface area contributed by atoms with E-state index < -0.39 is 6.10 Å². The van der Waals surface area contributed by atoms with Gasteiger partial charge in [-0.2, -0.15) is 0 Å². The molecule has 0 fully saturated rings. The summed E-state index contributed by atoms with van der Waals surface area (Å²) in [6.07, 6.45) is 0.635. The van der Waals surface area contributed by atoms with Crippen LogP contribution in [0.2, 0.25) is 0 Å². The molecule has 0 aliphatic rings. The number of hydrogen-bond donors (Lipinski definition) is 2. The molecule has 17 heavy (non-hydrogen) atoms. The molecule has 1 atom stereocenters. The van der Waals surface area contributed by atoms with Crippen LogP contribution >= 0.6 is 0 Å². The molecule has 0 bridgehead atoms. The van der Waals surface area contributed by atoms with E-state index in [-0.39, 0.29) is 5.91 Å². The Balaban J connectivity index is 2.26. The van der Waals surface area contributed by atoms with E-state index in [0.29, 0.717) is 25.3 Å². The lowest BCUT2D eigenvalue weighted by Gasteiger charge is -2.13. The maximum atomic E-state index is 11.6. The highest BCUT2D eigenvalue weighted by Crippen LogP contribution is 2.03. The Morgan fingerprint density at radius 2 is 1.94 bits per heavy atom. The SMILES string of the molecule is CC(C)CC(O)CNC(=O)Cc1ccccc1. The molecule has 3 heteroatoms. The van der Waals surface area contributed by atoms with Crippen LogP contribution in [0.15, 0.2) is 30.3 Å². The zero-order valence-electron chi connectivity index (χ0n) is 10.5. The second-order valence-electron chi connectivity index (χ2n) is 4.75. The van der Waals surface area contributed by atoms with Crippen LogP contribution in [-0.4, -0.2) is 23.7 Å². The Hall–Kier alpha value is -1.35. The molecule has 0 saturated carbocycles. The number of carbonyl (C=O) groups is 1. The summed E-state index contributed by atoms with van der Waals surface area (Å²) in [5, 5.41) is 12.4. The van der Waals surface area contributed by atoms with Gasteiger partial charge in [-0.25, -0.2) is 0 Å². The largest absolute Gasteiger partial charge is 0.391 e. The smallest absolute Gasteiger partial charge is 0.224 e. The molecular weight excluding hydrogens is 214 g/mol. The number of benzene rings is 1. The van der Waals surface area contributed by atoms with E-state index >= 15 is 0 Å². The van der Waals surface area contributed by atoms with Gasteiger partial charge in [-0.05, 0) is 17.9 Å². The lowest BCUT2D eigenvalue weighted by Crippen LogP contribution is -2.33. The molecular formula is C14H21NO2. The van der Waals surface area contributed by atoms with Crippen LogP contribution in [0.4, 0.5) is 0 Å². The first-order chi connectivity index (χ1) is 8.08. The molecule has 0 radical (unpaired) electrons. The van der Waals surface area contributed by atoms with Crippen LogP contribution < -0.4 is 5.32 Å². The van der Waals surface area contributed by atoms with Gasteiger partial charge in [0.15, 0.2) is 0 Å².